The first-order valence-corrected chi connectivity index (χ1v) is 6.57. The van der Waals surface area contributed by atoms with E-state index in [9.17, 15) is 19.1 Å². The molecule has 0 bridgehead atoms. The van der Waals surface area contributed by atoms with E-state index in [4.69, 9.17) is 4.42 Å². The van der Waals surface area contributed by atoms with Gasteiger partial charge in [0.05, 0.1) is 12.6 Å². The first-order valence-electron chi connectivity index (χ1n) is 6.57. The number of carbonyl (C=O) groups is 1. The standard InChI is InChI=1S/C15H16FNO4/c1-8(2)12(7-18)17-14(19)11-6-9-5-10(16)3-4-13(9)21-15(11)20/h3-6,8,12,18H,7H2,1-2H3,(H,17,19)/t12-/m1/s1. The third-order valence-electron chi connectivity index (χ3n) is 3.26. The lowest BCUT2D eigenvalue weighted by atomic mass is 10.0. The van der Waals surface area contributed by atoms with Crippen LogP contribution in [0.3, 0.4) is 0 Å². The molecule has 0 saturated heterocycles. The predicted octanol–water partition coefficient (Wildman–Crippen LogP) is 1.68. The maximum absolute atomic E-state index is 13.2. The minimum Gasteiger partial charge on any atom is -0.422 e. The molecule has 0 radical (unpaired) electrons. The van der Waals surface area contributed by atoms with Crippen molar-refractivity contribution in [3.8, 4) is 0 Å². The van der Waals surface area contributed by atoms with Crippen LogP contribution in [0.1, 0.15) is 24.2 Å². The van der Waals surface area contributed by atoms with Gasteiger partial charge in [0.2, 0.25) is 0 Å². The van der Waals surface area contributed by atoms with E-state index in [0.717, 1.165) is 0 Å². The quantitative estimate of drug-likeness (QED) is 0.841. The average molecular weight is 293 g/mol. The van der Waals surface area contributed by atoms with Gasteiger partial charge >= 0.3 is 5.63 Å². The summed E-state index contributed by atoms with van der Waals surface area (Å²) in [5.41, 5.74) is -0.806. The summed E-state index contributed by atoms with van der Waals surface area (Å²) in [7, 11) is 0. The third kappa shape index (κ3) is 3.28. The Morgan fingerprint density at radius 3 is 2.71 bits per heavy atom. The van der Waals surface area contributed by atoms with E-state index in [1.165, 1.54) is 24.3 Å². The topological polar surface area (TPSA) is 79.5 Å². The lowest BCUT2D eigenvalue weighted by Crippen LogP contribution is -2.42. The highest BCUT2D eigenvalue weighted by Crippen LogP contribution is 2.15. The summed E-state index contributed by atoms with van der Waals surface area (Å²) in [6.45, 7) is 3.43. The Kier molecular flexibility index (Phi) is 4.37. The second kappa shape index (κ2) is 6.05. The average Bonchev–Trinajstić information content (AvgIpc) is 2.43. The number of nitrogens with one attached hydrogen (secondary N) is 1. The summed E-state index contributed by atoms with van der Waals surface area (Å²) < 4.78 is 18.2. The molecule has 1 heterocycles. The monoisotopic (exact) mass is 293 g/mol. The molecule has 1 aromatic carbocycles. The van der Waals surface area contributed by atoms with Crippen LogP contribution in [0.4, 0.5) is 4.39 Å². The van der Waals surface area contributed by atoms with Crippen molar-refractivity contribution < 1.29 is 18.7 Å². The van der Waals surface area contributed by atoms with Gasteiger partial charge in [-0.25, -0.2) is 9.18 Å². The van der Waals surface area contributed by atoms with E-state index < -0.39 is 23.4 Å². The number of amides is 1. The zero-order chi connectivity index (χ0) is 15.6. The Bertz CT molecular complexity index is 723. The fourth-order valence-corrected chi connectivity index (χ4v) is 1.92. The van der Waals surface area contributed by atoms with Crippen molar-refractivity contribution in [3.63, 3.8) is 0 Å². The third-order valence-corrected chi connectivity index (χ3v) is 3.26. The fourth-order valence-electron chi connectivity index (χ4n) is 1.92. The molecule has 112 valence electrons. The number of fused-ring (bicyclic) bond motifs is 1. The number of aliphatic hydroxyl groups excluding tert-OH is 1. The lowest BCUT2D eigenvalue weighted by Gasteiger charge is -2.19. The van der Waals surface area contributed by atoms with Gasteiger partial charge in [0.25, 0.3) is 5.91 Å². The van der Waals surface area contributed by atoms with Crippen LogP contribution in [0.25, 0.3) is 11.0 Å². The number of aliphatic hydroxyl groups is 1. The SMILES string of the molecule is CC(C)[C@@H](CO)NC(=O)c1cc2cc(F)ccc2oc1=O. The van der Waals surface area contributed by atoms with Gasteiger partial charge in [-0.1, -0.05) is 13.8 Å². The second-order valence-corrected chi connectivity index (χ2v) is 5.14. The fraction of sp³-hybridized carbons (Fsp3) is 0.333. The van der Waals surface area contributed by atoms with Crippen LogP contribution in [0.15, 0.2) is 33.5 Å². The van der Waals surface area contributed by atoms with Crippen LogP contribution in [0, 0.1) is 11.7 Å². The molecule has 0 spiro atoms. The van der Waals surface area contributed by atoms with Crippen molar-refractivity contribution in [1.29, 1.82) is 0 Å². The van der Waals surface area contributed by atoms with Crippen LogP contribution < -0.4 is 10.9 Å². The van der Waals surface area contributed by atoms with E-state index in [1.807, 2.05) is 13.8 Å². The molecule has 1 aromatic heterocycles. The molecule has 0 saturated carbocycles. The molecule has 0 aliphatic carbocycles. The van der Waals surface area contributed by atoms with E-state index >= 15 is 0 Å². The second-order valence-electron chi connectivity index (χ2n) is 5.14. The van der Waals surface area contributed by atoms with E-state index in [-0.39, 0.29) is 23.7 Å². The summed E-state index contributed by atoms with van der Waals surface area (Å²) in [5.74, 6) is -1.13. The molecule has 2 N–H and O–H groups in total. The number of hydrogen-bond acceptors (Lipinski definition) is 4. The summed E-state index contributed by atoms with van der Waals surface area (Å²) in [6, 6.07) is 4.50. The minimum atomic E-state index is -0.799. The zero-order valence-electron chi connectivity index (χ0n) is 11.7. The Balaban J connectivity index is 2.39. The van der Waals surface area contributed by atoms with Gasteiger partial charge in [0, 0.05) is 5.39 Å². The smallest absolute Gasteiger partial charge is 0.349 e. The van der Waals surface area contributed by atoms with E-state index in [1.54, 1.807) is 0 Å². The van der Waals surface area contributed by atoms with Gasteiger partial charge in [-0.05, 0) is 30.2 Å². The molecule has 1 amide bonds. The number of hydrogen-bond donors (Lipinski definition) is 2. The summed E-state index contributed by atoms with van der Waals surface area (Å²) in [4.78, 5) is 23.9. The van der Waals surface area contributed by atoms with Gasteiger partial charge in [-0.3, -0.25) is 4.79 Å². The summed E-state index contributed by atoms with van der Waals surface area (Å²) >= 11 is 0. The highest BCUT2D eigenvalue weighted by Gasteiger charge is 2.19. The normalized spacial score (nSPS) is 12.6. The lowest BCUT2D eigenvalue weighted by molar-refractivity contribution is 0.0893. The molecule has 2 rings (SSSR count). The largest absolute Gasteiger partial charge is 0.422 e. The molecule has 0 unspecified atom stereocenters. The molecular formula is C15H16FNO4. The number of halogens is 1. The van der Waals surface area contributed by atoms with E-state index in [0.29, 0.717) is 5.39 Å². The van der Waals surface area contributed by atoms with Gasteiger partial charge in [0.15, 0.2) is 0 Å². The summed E-state index contributed by atoms with van der Waals surface area (Å²) in [5, 5.41) is 12.1. The van der Waals surface area contributed by atoms with Crippen LogP contribution in [-0.2, 0) is 0 Å². The molecule has 1 atom stereocenters. The van der Waals surface area contributed by atoms with Crippen LogP contribution >= 0.6 is 0 Å². The van der Waals surface area contributed by atoms with Gasteiger partial charge in [0.1, 0.15) is 17.0 Å². The highest BCUT2D eigenvalue weighted by molar-refractivity contribution is 5.96. The maximum atomic E-state index is 13.2. The molecule has 2 aromatic rings. The molecule has 0 fully saturated rings. The summed E-state index contributed by atoms with van der Waals surface area (Å²) in [6.07, 6.45) is 0. The molecule has 6 heteroatoms. The Morgan fingerprint density at radius 2 is 2.10 bits per heavy atom. The van der Waals surface area contributed by atoms with Crippen LogP contribution in [0.5, 0.6) is 0 Å². The number of carbonyl (C=O) groups excluding carboxylic acids is 1. The van der Waals surface area contributed by atoms with Gasteiger partial charge in [-0.2, -0.15) is 0 Å². The number of benzene rings is 1. The first kappa shape index (κ1) is 15.2. The molecule has 5 nitrogen and oxygen atoms in total. The Labute approximate surface area is 120 Å². The number of rotatable bonds is 4. The van der Waals surface area contributed by atoms with E-state index in [2.05, 4.69) is 5.32 Å². The molecular weight excluding hydrogens is 277 g/mol. The first-order chi connectivity index (χ1) is 9.92. The van der Waals surface area contributed by atoms with Crippen molar-refractivity contribution in [2.24, 2.45) is 5.92 Å². The van der Waals surface area contributed by atoms with Gasteiger partial charge in [-0.15, -0.1) is 0 Å². The minimum absolute atomic E-state index is 0.00360. The van der Waals surface area contributed by atoms with Crippen molar-refractivity contribution in [1.82, 2.24) is 5.32 Å². The Morgan fingerprint density at radius 1 is 1.38 bits per heavy atom. The van der Waals surface area contributed by atoms with Gasteiger partial charge < -0.3 is 14.8 Å². The molecule has 0 aliphatic heterocycles. The molecule has 21 heavy (non-hydrogen) atoms. The van der Waals surface area contributed by atoms with Crippen molar-refractivity contribution >= 4 is 16.9 Å². The Hall–Kier alpha value is -2.21. The zero-order valence-corrected chi connectivity index (χ0v) is 11.7. The molecule has 0 aliphatic rings. The maximum Gasteiger partial charge on any atom is 0.349 e. The van der Waals surface area contributed by atoms with Crippen molar-refractivity contribution in [3.05, 3.63) is 46.1 Å². The van der Waals surface area contributed by atoms with Crippen molar-refractivity contribution in [2.75, 3.05) is 6.61 Å². The van der Waals surface area contributed by atoms with Crippen LogP contribution in [0.2, 0.25) is 0 Å². The van der Waals surface area contributed by atoms with Crippen LogP contribution in [-0.4, -0.2) is 23.7 Å². The highest BCUT2D eigenvalue weighted by atomic mass is 19.1. The predicted molar refractivity (Wildman–Crippen MR) is 75.6 cm³/mol. The van der Waals surface area contributed by atoms with Crippen molar-refractivity contribution in [2.45, 2.75) is 19.9 Å².